The molecule has 0 N–H and O–H groups in total. The Hall–Kier alpha value is -2.34. The van der Waals surface area contributed by atoms with Gasteiger partial charge in [0.15, 0.2) is 0 Å². The largest absolute Gasteiger partial charge is 0.494 e. The second-order valence-corrected chi connectivity index (χ2v) is 6.57. The highest BCUT2D eigenvalue weighted by Crippen LogP contribution is 2.25. The maximum Gasteiger partial charge on any atom is 0.264 e. The lowest BCUT2D eigenvalue weighted by Crippen LogP contribution is -2.31. The molecule has 0 atom stereocenters. The smallest absolute Gasteiger partial charge is 0.264 e. The van der Waals surface area contributed by atoms with Crippen molar-refractivity contribution in [1.82, 2.24) is 0 Å². The molecule has 0 fully saturated rings. The first kappa shape index (κ1) is 17.0. The molecular weight excluding hydrogens is 317 g/mol. The Morgan fingerprint density at radius 3 is 2.26 bits per heavy atom. The Labute approximate surface area is 135 Å². The zero-order chi connectivity index (χ0) is 16.9. The van der Waals surface area contributed by atoms with Gasteiger partial charge in [0.25, 0.3) is 10.0 Å². The zero-order valence-electron chi connectivity index (χ0n) is 12.8. The minimum absolute atomic E-state index is 0.0845. The topological polar surface area (TPSA) is 46.6 Å². The second-order valence-electron chi connectivity index (χ2n) is 4.71. The quantitative estimate of drug-likeness (QED) is 0.726. The minimum Gasteiger partial charge on any atom is -0.494 e. The Morgan fingerprint density at radius 1 is 1.13 bits per heavy atom. The van der Waals surface area contributed by atoms with Crippen molar-refractivity contribution < 1.29 is 17.5 Å². The Morgan fingerprint density at radius 2 is 1.74 bits per heavy atom. The minimum atomic E-state index is -3.78. The van der Waals surface area contributed by atoms with Crippen LogP contribution < -0.4 is 9.04 Å². The van der Waals surface area contributed by atoms with Gasteiger partial charge in [0, 0.05) is 0 Å². The van der Waals surface area contributed by atoms with Crippen LogP contribution in [0.3, 0.4) is 0 Å². The number of benzene rings is 2. The number of hydrogen-bond donors (Lipinski definition) is 0. The average molecular weight is 335 g/mol. The number of halogens is 1. The van der Waals surface area contributed by atoms with E-state index in [-0.39, 0.29) is 11.4 Å². The molecule has 0 spiro atoms. The molecule has 0 radical (unpaired) electrons. The normalized spacial score (nSPS) is 11.0. The molecule has 0 aromatic heterocycles. The SMILES string of the molecule is C=CCN(c1ccc(F)cc1)S(=O)(=O)c1ccc(OCC)cc1. The molecule has 0 bridgehead atoms. The van der Waals surface area contributed by atoms with Crippen LogP contribution in [0.5, 0.6) is 5.75 Å². The number of rotatable bonds is 7. The number of sulfonamides is 1. The first-order chi connectivity index (χ1) is 11.0. The van der Waals surface area contributed by atoms with Crippen molar-refractivity contribution in [3.8, 4) is 5.75 Å². The van der Waals surface area contributed by atoms with Crippen molar-refractivity contribution in [2.45, 2.75) is 11.8 Å². The van der Waals surface area contributed by atoms with Crippen molar-refractivity contribution in [2.75, 3.05) is 17.5 Å². The van der Waals surface area contributed by atoms with E-state index in [1.165, 1.54) is 46.8 Å². The monoisotopic (exact) mass is 335 g/mol. The van der Waals surface area contributed by atoms with E-state index < -0.39 is 15.8 Å². The molecule has 0 heterocycles. The summed E-state index contributed by atoms with van der Waals surface area (Å²) in [6.45, 7) is 6.03. The van der Waals surface area contributed by atoms with Gasteiger partial charge < -0.3 is 4.74 Å². The van der Waals surface area contributed by atoms with Gasteiger partial charge in [-0.15, -0.1) is 6.58 Å². The Kier molecular flexibility index (Phi) is 5.39. The fraction of sp³-hybridized carbons (Fsp3) is 0.176. The third kappa shape index (κ3) is 3.90. The van der Waals surface area contributed by atoms with Crippen molar-refractivity contribution >= 4 is 15.7 Å². The van der Waals surface area contributed by atoms with Crippen LogP contribution in [-0.4, -0.2) is 21.6 Å². The van der Waals surface area contributed by atoms with Crippen molar-refractivity contribution in [3.63, 3.8) is 0 Å². The first-order valence-corrected chi connectivity index (χ1v) is 8.55. The predicted octanol–water partition coefficient (Wildman–Crippen LogP) is 3.61. The number of anilines is 1. The van der Waals surface area contributed by atoms with E-state index in [4.69, 9.17) is 4.74 Å². The summed E-state index contributed by atoms with van der Waals surface area (Å²) in [4.78, 5) is 0.132. The fourth-order valence-electron chi connectivity index (χ4n) is 2.07. The molecule has 0 amide bonds. The summed E-state index contributed by atoms with van der Waals surface area (Å²) >= 11 is 0. The molecule has 0 aliphatic carbocycles. The molecule has 0 aliphatic heterocycles. The van der Waals surface area contributed by atoms with Crippen LogP contribution in [0.1, 0.15) is 6.92 Å². The van der Waals surface area contributed by atoms with Crippen LogP contribution in [-0.2, 0) is 10.0 Å². The van der Waals surface area contributed by atoms with Gasteiger partial charge in [-0.25, -0.2) is 12.8 Å². The molecule has 0 unspecified atom stereocenters. The van der Waals surface area contributed by atoms with Gasteiger partial charge in [-0.3, -0.25) is 4.31 Å². The van der Waals surface area contributed by atoms with Crippen molar-refractivity contribution in [1.29, 1.82) is 0 Å². The molecular formula is C17H18FNO3S. The lowest BCUT2D eigenvalue weighted by Gasteiger charge is -2.23. The summed E-state index contributed by atoms with van der Waals surface area (Å²) in [5.41, 5.74) is 0.375. The molecule has 122 valence electrons. The Balaban J connectivity index is 2.39. The van der Waals surface area contributed by atoms with Crippen LogP contribution in [0.2, 0.25) is 0 Å². The number of nitrogens with zero attached hydrogens (tertiary/aromatic N) is 1. The maximum atomic E-state index is 13.1. The summed E-state index contributed by atoms with van der Waals surface area (Å²) in [5.74, 6) is 0.175. The van der Waals surface area contributed by atoms with Gasteiger partial charge in [0.2, 0.25) is 0 Å². The predicted molar refractivity (Wildman–Crippen MR) is 88.7 cm³/mol. The van der Waals surface area contributed by atoms with Crippen molar-refractivity contribution in [2.24, 2.45) is 0 Å². The molecule has 2 aromatic rings. The van der Waals surface area contributed by atoms with Crippen molar-refractivity contribution in [3.05, 3.63) is 67.0 Å². The molecule has 6 heteroatoms. The standard InChI is InChI=1S/C17H18FNO3S/c1-3-13-19(15-7-5-14(18)6-8-15)23(20,21)17-11-9-16(10-12-17)22-4-2/h3,5-12H,1,4,13H2,2H3. The highest BCUT2D eigenvalue weighted by Gasteiger charge is 2.24. The zero-order valence-corrected chi connectivity index (χ0v) is 13.6. The van der Waals surface area contributed by atoms with Crippen LogP contribution in [0.4, 0.5) is 10.1 Å². The lowest BCUT2D eigenvalue weighted by atomic mass is 10.3. The third-order valence-corrected chi connectivity index (χ3v) is 4.94. The molecule has 0 saturated heterocycles. The van der Waals surface area contributed by atoms with Crippen LogP contribution in [0.25, 0.3) is 0 Å². The van der Waals surface area contributed by atoms with Crippen LogP contribution >= 0.6 is 0 Å². The summed E-state index contributed by atoms with van der Waals surface area (Å²) in [7, 11) is -3.78. The fourth-order valence-corrected chi connectivity index (χ4v) is 3.50. The first-order valence-electron chi connectivity index (χ1n) is 7.11. The van der Waals surface area contributed by atoms with E-state index in [0.29, 0.717) is 18.0 Å². The van der Waals surface area contributed by atoms with Crippen LogP contribution in [0, 0.1) is 5.82 Å². The molecule has 0 saturated carbocycles. The maximum absolute atomic E-state index is 13.1. The summed E-state index contributed by atoms with van der Waals surface area (Å²) in [6, 6.07) is 11.5. The van der Waals surface area contributed by atoms with Gasteiger partial charge in [0.05, 0.1) is 23.7 Å². The van der Waals surface area contributed by atoms with E-state index in [1.807, 2.05) is 6.92 Å². The van der Waals surface area contributed by atoms with E-state index in [1.54, 1.807) is 12.1 Å². The second kappa shape index (κ2) is 7.28. The van der Waals surface area contributed by atoms with Gasteiger partial charge in [0.1, 0.15) is 11.6 Å². The average Bonchev–Trinajstić information content (AvgIpc) is 2.54. The summed E-state index contributed by atoms with van der Waals surface area (Å²) in [5, 5.41) is 0. The molecule has 2 rings (SSSR count). The van der Waals surface area contributed by atoms with E-state index in [9.17, 15) is 12.8 Å². The molecule has 4 nitrogen and oxygen atoms in total. The van der Waals surface area contributed by atoms with E-state index >= 15 is 0 Å². The number of ether oxygens (including phenoxy) is 1. The molecule has 2 aromatic carbocycles. The third-order valence-electron chi connectivity index (χ3n) is 3.13. The Bertz CT molecular complexity index is 755. The van der Waals surface area contributed by atoms with Gasteiger partial charge in [-0.1, -0.05) is 6.08 Å². The highest BCUT2D eigenvalue weighted by molar-refractivity contribution is 7.92. The van der Waals surface area contributed by atoms with Gasteiger partial charge >= 0.3 is 0 Å². The van der Waals surface area contributed by atoms with E-state index in [2.05, 4.69) is 6.58 Å². The molecule has 0 aliphatic rings. The van der Waals surface area contributed by atoms with Gasteiger partial charge in [-0.05, 0) is 55.5 Å². The van der Waals surface area contributed by atoms with Crippen LogP contribution in [0.15, 0.2) is 66.1 Å². The van der Waals surface area contributed by atoms with Gasteiger partial charge in [-0.2, -0.15) is 0 Å². The summed E-state index contributed by atoms with van der Waals surface area (Å²) in [6.07, 6.45) is 1.48. The summed E-state index contributed by atoms with van der Waals surface area (Å²) < 4.78 is 45.2. The lowest BCUT2D eigenvalue weighted by molar-refractivity contribution is 0.340. The number of hydrogen-bond acceptors (Lipinski definition) is 3. The molecule has 23 heavy (non-hydrogen) atoms. The van der Waals surface area contributed by atoms with E-state index in [0.717, 1.165) is 0 Å². The highest BCUT2D eigenvalue weighted by atomic mass is 32.2.